The zero-order valence-corrected chi connectivity index (χ0v) is 5.64. The van der Waals surface area contributed by atoms with Crippen LogP contribution in [0.25, 0.3) is 0 Å². The lowest BCUT2D eigenvalue weighted by atomic mass is 10.2. The van der Waals surface area contributed by atoms with Crippen LogP contribution in [0.4, 0.5) is 0 Å². The third-order valence-corrected chi connectivity index (χ3v) is 0.941. The molecule has 0 aliphatic carbocycles. The predicted octanol–water partition coefficient (Wildman–Crippen LogP) is 2.86. The van der Waals surface area contributed by atoms with Gasteiger partial charge in [0.1, 0.15) is 0 Å². The van der Waals surface area contributed by atoms with Crippen LogP contribution in [-0.2, 0) is 0 Å². The van der Waals surface area contributed by atoms with Gasteiger partial charge in [0.25, 0.3) is 0 Å². The predicted molar refractivity (Wildman–Crippen MR) is 43.3 cm³/mol. The second-order valence-corrected chi connectivity index (χ2v) is 1.73. The quantitative estimate of drug-likeness (QED) is 0.500. The highest BCUT2D eigenvalue weighted by Crippen LogP contribution is 1.98. The molecular formula is C9H12. The maximum atomic E-state index is 3.74. The Labute approximate surface area is 56.9 Å². The van der Waals surface area contributed by atoms with E-state index in [9.17, 15) is 0 Å². The number of rotatable bonds is 4. The molecule has 48 valence electrons. The molecule has 0 heterocycles. The second kappa shape index (κ2) is 5.10. The summed E-state index contributed by atoms with van der Waals surface area (Å²) in [5.41, 5.74) is 1.04. The van der Waals surface area contributed by atoms with Crippen LogP contribution in [0.15, 0.2) is 49.6 Å². The Balaban J connectivity index is 3.49. The van der Waals surface area contributed by atoms with Crippen molar-refractivity contribution in [1.82, 2.24) is 0 Å². The lowest BCUT2D eigenvalue weighted by Gasteiger charge is -1.87. The second-order valence-electron chi connectivity index (χ2n) is 1.73. The first-order valence-electron chi connectivity index (χ1n) is 2.89. The molecule has 0 fully saturated rings. The molecule has 0 nitrogen and oxygen atoms in total. The van der Waals surface area contributed by atoms with Crippen molar-refractivity contribution in [3.05, 3.63) is 49.6 Å². The molecule has 0 N–H and O–H groups in total. The fourth-order valence-electron chi connectivity index (χ4n) is 0.399. The molecule has 0 aromatic rings. The molecule has 0 saturated carbocycles. The topological polar surface area (TPSA) is 0 Å². The van der Waals surface area contributed by atoms with E-state index in [2.05, 4.69) is 19.7 Å². The lowest BCUT2D eigenvalue weighted by molar-refractivity contribution is 1.31. The van der Waals surface area contributed by atoms with Crippen LogP contribution < -0.4 is 0 Å². The van der Waals surface area contributed by atoms with E-state index in [4.69, 9.17) is 0 Å². The molecule has 0 aromatic heterocycles. The Hall–Kier alpha value is -1.04. The van der Waals surface area contributed by atoms with Gasteiger partial charge in [-0.05, 0) is 6.42 Å². The molecule has 0 unspecified atom stereocenters. The number of hydrogen-bond acceptors (Lipinski definition) is 0. The van der Waals surface area contributed by atoms with Gasteiger partial charge in [-0.25, -0.2) is 0 Å². The number of hydrogen-bond donors (Lipinski definition) is 0. The van der Waals surface area contributed by atoms with E-state index >= 15 is 0 Å². The van der Waals surface area contributed by atoms with Gasteiger partial charge in [-0.2, -0.15) is 0 Å². The summed E-state index contributed by atoms with van der Waals surface area (Å²) in [6, 6.07) is 0. The van der Waals surface area contributed by atoms with Gasteiger partial charge in [-0.15, -0.1) is 0 Å². The summed E-state index contributed by atoms with van der Waals surface area (Å²) >= 11 is 0. The van der Waals surface area contributed by atoms with E-state index in [0.29, 0.717) is 0 Å². The van der Waals surface area contributed by atoms with Gasteiger partial charge in [0.15, 0.2) is 0 Å². The van der Waals surface area contributed by atoms with E-state index < -0.39 is 0 Å². The highest BCUT2D eigenvalue weighted by atomic mass is 13.8. The summed E-state index contributed by atoms with van der Waals surface area (Å²) in [4.78, 5) is 0. The standard InChI is InChI=1S/C9H12/c1-4-6-7-8-9(3)5-2/h4-7H,1-3,8H2. The molecule has 0 amide bonds. The van der Waals surface area contributed by atoms with Crippen LogP contribution in [0.1, 0.15) is 6.42 Å². The normalized spacial score (nSPS) is 9.33. The first-order valence-corrected chi connectivity index (χ1v) is 2.89. The summed E-state index contributed by atoms with van der Waals surface area (Å²) in [6.07, 6.45) is 8.27. The van der Waals surface area contributed by atoms with Crippen LogP contribution in [0.5, 0.6) is 0 Å². The maximum Gasteiger partial charge on any atom is -0.0100 e. The van der Waals surface area contributed by atoms with Crippen molar-refractivity contribution in [2.75, 3.05) is 0 Å². The van der Waals surface area contributed by atoms with Crippen molar-refractivity contribution < 1.29 is 0 Å². The van der Waals surface area contributed by atoms with E-state index in [1.54, 1.807) is 12.2 Å². The largest absolute Gasteiger partial charge is 0.0991 e. The Morgan fingerprint density at radius 2 is 2.00 bits per heavy atom. The summed E-state index contributed by atoms with van der Waals surface area (Å²) in [5.74, 6) is 0. The van der Waals surface area contributed by atoms with E-state index in [1.165, 1.54) is 0 Å². The molecule has 0 spiro atoms. The first-order chi connectivity index (χ1) is 4.31. The highest BCUT2D eigenvalue weighted by Gasteiger charge is 1.78. The van der Waals surface area contributed by atoms with Crippen LogP contribution in [-0.4, -0.2) is 0 Å². The van der Waals surface area contributed by atoms with Gasteiger partial charge in [-0.3, -0.25) is 0 Å². The minimum atomic E-state index is 0.871. The van der Waals surface area contributed by atoms with Gasteiger partial charge >= 0.3 is 0 Å². The van der Waals surface area contributed by atoms with Crippen molar-refractivity contribution in [1.29, 1.82) is 0 Å². The first kappa shape index (κ1) is 7.96. The fourth-order valence-corrected chi connectivity index (χ4v) is 0.399. The molecule has 9 heavy (non-hydrogen) atoms. The summed E-state index contributed by atoms with van der Waals surface area (Å²) in [7, 11) is 0. The minimum absolute atomic E-state index is 0.871. The zero-order chi connectivity index (χ0) is 7.11. The molecule has 0 aromatic carbocycles. The van der Waals surface area contributed by atoms with Crippen LogP contribution in [0.3, 0.4) is 0 Å². The van der Waals surface area contributed by atoms with E-state index in [-0.39, 0.29) is 0 Å². The van der Waals surface area contributed by atoms with Crippen LogP contribution in [0.2, 0.25) is 0 Å². The van der Waals surface area contributed by atoms with Gasteiger partial charge < -0.3 is 0 Å². The molecule has 0 aliphatic heterocycles. The Bertz CT molecular complexity index is 138. The highest BCUT2D eigenvalue weighted by molar-refractivity contribution is 5.16. The van der Waals surface area contributed by atoms with Crippen LogP contribution >= 0.6 is 0 Å². The SMILES string of the molecule is C=CC=CCC(=C)C=C. The van der Waals surface area contributed by atoms with Crippen molar-refractivity contribution in [3.8, 4) is 0 Å². The fraction of sp³-hybridized carbons (Fsp3) is 0.111. The third kappa shape index (κ3) is 4.82. The summed E-state index contributed by atoms with van der Waals surface area (Å²) in [5, 5.41) is 0. The summed E-state index contributed by atoms with van der Waals surface area (Å²) in [6.45, 7) is 10.9. The minimum Gasteiger partial charge on any atom is -0.0991 e. The van der Waals surface area contributed by atoms with Gasteiger partial charge in [0.05, 0.1) is 0 Å². The van der Waals surface area contributed by atoms with Crippen molar-refractivity contribution in [3.63, 3.8) is 0 Å². The maximum absolute atomic E-state index is 3.74. The average molecular weight is 120 g/mol. The molecule has 0 aliphatic rings. The Morgan fingerprint density at radius 3 is 2.44 bits per heavy atom. The van der Waals surface area contributed by atoms with E-state index in [1.807, 2.05) is 12.2 Å². The van der Waals surface area contributed by atoms with Crippen molar-refractivity contribution in [2.45, 2.75) is 6.42 Å². The van der Waals surface area contributed by atoms with Crippen molar-refractivity contribution >= 4 is 0 Å². The monoisotopic (exact) mass is 120 g/mol. The Morgan fingerprint density at radius 1 is 1.33 bits per heavy atom. The molecule has 0 rings (SSSR count). The Kier molecular flexibility index (Phi) is 4.51. The van der Waals surface area contributed by atoms with Crippen LogP contribution in [0, 0.1) is 0 Å². The smallest absolute Gasteiger partial charge is 0.0100 e. The van der Waals surface area contributed by atoms with Crippen molar-refractivity contribution in [2.24, 2.45) is 0 Å². The molecule has 0 atom stereocenters. The zero-order valence-electron chi connectivity index (χ0n) is 5.64. The van der Waals surface area contributed by atoms with Gasteiger partial charge in [0.2, 0.25) is 0 Å². The van der Waals surface area contributed by atoms with Gasteiger partial charge in [0, 0.05) is 0 Å². The molecule has 0 heteroatoms. The summed E-state index contributed by atoms with van der Waals surface area (Å²) < 4.78 is 0. The molecule has 0 bridgehead atoms. The third-order valence-electron chi connectivity index (χ3n) is 0.941. The molecule has 0 saturated heterocycles. The van der Waals surface area contributed by atoms with Gasteiger partial charge in [-0.1, -0.05) is 49.6 Å². The molecule has 0 radical (unpaired) electrons. The van der Waals surface area contributed by atoms with E-state index in [0.717, 1.165) is 12.0 Å². The average Bonchev–Trinajstić information content (AvgIpc) is 1.89. The number of allylic oxidation sites excluding steroid dienone is 5. The molecular weight excluding hydrogens is 108 g/mol. The lowest BCUT2D eigenvalue weighted by Crippen LogP contribution is -1.67.